The molecule has 0 radical (unpaired) electrons. The van der Waals surface area contributed by atoms with Gasteiger partial charge < -0.3 is 19.5 Å². The topological polar surface area (TPSA) is 102 Å². The molecule has 0 spiro atoms. The normalized spacial score (nSPS) is 16.5. The summed E-state index contributed by atoms with van der Waals surface area (Å²) in [6, 6.07) is 6.27. The number of ether oxygens (including phenoxy) is 1. The van der Waals surface area contributed by atoms with E-state index in [1.165, 1.54) is 11.0 Å². The lowest BCUT2D eigenvalue weighted by Gasteiger charge is -2.18. The van der Waals surface area contributed by atoms with Crippen molar-refractivity contribution in [1.29, 1.82) is 0 Å². The largest absolute Gasteiger partial charge is 0.455 e. The van der Waals surface area contributed by atoms with Crippen LogP contribution in [0.2, 0.25) is 10.0 Å². The lowest BCUT2D eigenvalue weighted by Crippen LogP contribution is -2.28. The van der Waals surface area contributed by atoms with Crippen LogP contribution in [0.25, 0.3) is 0 Å². The Hall–Kier alpha value is -2.58. The smallest absolute Gasteiger partial charge is 0.311 e. The Kier molecular flexibility index (Phi) is 5.67. The summed E-state index contributed by atoms with van der Waals surface area (Å²) in [5, 5.41) is 6.82. The number of hydrogen-bond donors (Lipinski definition) is 1. The summed E-state index contributed by atoms with van der Waals surface area (Å²) in [5.41, 5.74) is 0.434. The number of amides is 2. The summed E-state index contributed by atoms with van der Waals surface area (Å²) in [4.78, 5) is 37.6. The fraction of sp³-hybridized carbons (Fsp3) is 0.294. The molecule has 3 rings (SSSR count). The zero-order valence-electron chi connectivity index (χ0n) is 14.2. The third-order valence-corrected chi connectivity index (χ3v) is 4.45. The lowest BCUT2D eigenvalue weighted by molar-refractivity contribution is -0.151. The second-order valence-corrected chi connectivity index (χ2v) is 6.82. The van der Waals surface area contributed by atoms with Crippen molar-refractivity contribution in [3.05, 3.63) is 40.1 Å². The molecular formula is C17H15Cl2N3O5. The molecule has 1 saturated heterocycles. The molecule has 1 aliphatic heterocycles. The van der Waals surface area contributed by atoms with E-state index in [9.17, 15) is 14.4 Å². The molecule has 0 saturated carbocycles. The maximum atomic E-state index is 12.3. The maximum absolute atomic E-state index is 12.3. The number of nitrogens with one attached hydrogen (secondary N) is 1. The summed E-state index contributed by atoms with van der Waals surface area (Å²) >= 11 is 12.1. The van der Waals surface area contributed by atoms with Gasteiger partial charge in [0.15, 0.2) is 12.4 Å². The molecule has 2 amide bonds. The van der Waals surface area contributed by atoms with Gasteiger partial charge in [0.1, 0.15) is 5.76 Å². The number of aryl methyl sites for hydroxylation is 1. The molecule has 1 aliphatic rings. The van der Waals surface area contributed by atoms with E-state index < -0.39 is 24.4 Å². The molecule has 2 aromatic rings. The minimum Gasteiger partial charge on any atom is -0.455 e. The highest BCUT2D eigenvalue weighted by Gasteiger charge is 2.37. The van der Waals surface area contributed by atoms with Gasteiger partial charge >= 0.3 is 5.97 Å². The van der Waals surface area contributed by atoms with Crippen molar-refractivity contribution < 1.29 is 23.6 Å². The Labute approximate surface area is 164 Å². The van der Waals surface area contributed by atoms with E-state index in [2.05, 4.69) is 10.5 Å². The number of nitrogens with zero attached hydrogens (tertiary/aromatic N) is 2. The number of carbonyl (C=O) groups excluding carboxylic acids is 3. The predicted molar refractivity (Wildman–Crippen MR) is 97.8 cm³/mol. The zero-order chi connectivity index (χ0) is 19.6. The summed E-state index contributed by atoms with van der Waals surface area (Å²) < 4.78 is 9.83. The van der Waals surface area contributed by atoms with E-state index in [0.29, 0.717) is 21.5 Å². The van der Waals surface area contributed by atoms with Crippen molar-refractivity contribution in [3.63, 3.8) is 0 Å². The number of esters is 1. The molecule has 8 nitrogen and oxygen atoms in total. The number of rotatable bonds is 5. The van der Waals surface area contributed by atoms with Crippen molar-refractivity contribution in [2.24, 2.45) is 5.92 Å². The molecule has 0 unspecified atom stereocenters. The predicted octanol–water partition coefficient (Wildman–Crippen LogP) is 2.82. The van der Waals surface area contributed by atoms with Gasteiger partial charge in [0.25, 0.3) is 5.91 Å². The number of halogens is 2. The molecule has 10 heteroatoms. The van der Waals surface area contributed by atoms with E-state index in [-0.39, 0.29) is 24.7 Å². The minimum atomic E-state index is -0.699. The quantitative estimate of drug-likeness (QED) is 0.758. The molecule has 0 bridgehead atoms. The van der Waals surface area contributed by atoms with Crippen LogP contribution in [0.4, 0.5) is 11.5 Å². The number of carbonyl (C=O) groups is 3. The Bertz CT molecular complexity index is 898. The first kappa shape index (κ1) is 19.2. The van der Waals surface area contributed by atoms with Crippen molar-refractivity contribution in [1.82, 2.24) is 5.16 Å². The molecule has 2 heterocycles. The first-order valence-electron chi connectivity index (χ1n) is 7.98. The van der Waals surface area contributed by atoms with Gasteiger partial charge in [0.2, 0.25) is 5.91 Å². The Morgan fingerprint density at radius 2 is 2.15 bits per heavy atom. The molecule has 1 atom stereocenters. The van der Waals surface area contributed by atoms with Crippen LogP contribution in [0.3, 0.4) is 0 Å². The Morgan fingerprint density at radius 3 is 2.85 bits per heavy atom. The van der Waals surface area contributed by atoms with Crippen LogP contribution in [0.1, 0.15) is 12.2 Å². The van der Waals surface area contributed by atoms with Crippen molar-refractivity contribution in [3.8, 4) is 0 Å². The monoisotopic (exact) mass is 411 g/mol. The second kappa shape index (κ2) is 7.98. The highest BCUT2D eigenvalue weighted by Crippen LogP contribution is 2.33. The van der Waals surface area contributed by atoms with Gasteiger partial charge in [-0.2, -0.15) is 0 Å². The summed E-state index contributed by atoms with van der Waals surface area (Å²) in [6.07, 6.45) is -0.0359. The van der Waals surface area contributed by atoms with Crippen LogP contribution in [0.15, 0.2) is 28.8 Å². The van der Waals surface area contributed by atoms with Crippen LogP contribution in [-0.4, -0.2) is 36.1 Å². The molecule has 1 aromatic carbocycles. The van der Waals surface area contributed by atoms with E-state index in [1.54, 1.807) is 25.1 Å². The number of aromatic nitrogens is 1. The minimum absolute atomic E-state index is 0.0359. The average Bonchev–Trinajstić information content (AvgIpc) is 3.20. The fourth-order valence-electron chi connectivity index (χ4n) is 2.65. The average molecular weight is 412 g/mol. The molecule has 27 heavy (non-hydrogen) atoms. The lowest BCUT2D eigenvalue weighted by atomic mass is 10.1. The Balaban J connectivity index is 1.56. The van der Waals surface area contributed by atoms with Crippen LogP contribution < -0.4 is 10.2 Å². The van der Waals surface area contributed by atoms with E-state index in [1.807, 2.05) is 0 Å². The molecular weight excluding hydrogens is 397 g/mol. The third kappa shape index (κ3) is 4.58. The Morgan fingerprint density at radius 1 is 1.37 bits per heavy atom. The number of hydrogen-bond acceptors (Lipinski definition) is 6. The van der Waals surface area contributed by atoms with Crippen molar-refractivity contribution in [2.75, 3.05) is 23.4 Å². The van der Waals surface area contributed by atoms with Gasteiger partial charge in [0, 0.05) is 24.1 Å². The van der Waals surface area contributed by atoms with Crippen molar-refractivity contribution in [2.45, 2.75) is 13.3 Å². The number of anilines is 2. The standard InChI is InChI=1S/C17H15Cl2N3O5/c1-9-4-14(21-27-9)20-15(23)8-26-17(25)10-5-16(24)22(7-10)13-6-11(18)2-3-12(13)19/h2-4,6,10H,5,7-8H2,1H3,(H,20,21,23)/t10-/m0/s1. The van der Waals surface area contributed by atoms with Gasteiger partial charge in [-0.1, -0.05) is 28.4 Å². The van der Waals surface area contributed by atoms with Gasteiger partial charge in [-0.25, -0.2) is 0 Å². The first-order chi connectivity index (χ1) is 12.8. The van der Waals surface area contributed by atoms with Gasteiger partial charge in [0.05, 0.1) is 16.6 Å². The van der Waals surface area contributed by atoms with E-state index in [4.69, 9.17) is 32.5 Å². The molecule has 1 aromatic heterocycles. The fourth-order valence-corrected chi connectivity index (χ4v) is 3.04. The van der Waals surface area contributed by atoms with Gasteiger partial charge in [-0.3, -0.25) is 14.4 Å². The third-order valence-electron chi connectivity index (χ3n) is 3.90. The van der Waals surface area contributed by atoms with E-state index in [0.717, 1.165) is 0 Å². The highest BCUT2D eigenvalue weighted by molar-refractivity contribution is 6.35. The van der Waals surface area contributed by atoms with Gasteiger partial charge in [-0.05, 0) is 25.1 Å². The summed E-state index contributed by atoms with van der Waals surface area (Å²) in [5.74, 6) is -1.41. The first-order valence-corrected chi connectivity index (χ1v) is 8.74. The molecule has 0 aliphatic carbocycles. The summed E-state index contributed by atoms with van der Waals surface area (Å²) in [6.45, 7) is 1.28. The number of benzene rings is 1. The molecule has 1 N–H and O–H groups in total. The van der Waals surface area contributed by atoms with Crippen molar-refractivity contribution >= 4 is 52.5 Å². The van der Waals surface area contributed by atoms with Crippen LogP contribution in [0, 0.1) is 12.8 Å². The van der Waals surface area contributed by atoms with Crippen LogP contribution in [0.5, 0.6) is 0 Å². The van der Waals surface area contributed by atoms with Crippen LogP contribution >= 0.6 is 23.2 Å². The maximum Gasteiger partial charge on any atom is 0.311 e. The van der Waals surface area contributed by atoms with Gasteiger partial charge in [-0.15, -0.1) is 0 Å². The van der Waals surface area contributed by atoms with Crippen LogP contribution in [-0.2, 0) is 19.1 Å². The SMILES string of the molecule is Cc1cc(NC(=O)COC(=O)[C@H]2CC(=O)N(c3cc(Cl)ccc3Cl)C2)no1. The molecule has 1 fully saturated rings. The van der Waals surface area contributed by atoms with E-state index >= 15 is 0 Å². The highest BCUT2D eigenvalue weighted by atomic mass is 35.5. The zero-order valence-corrected chi connectivity index (χ0v) is 15.7. The summed E-state index contributed by atoms with van der Waals surface area (Å²) in [7, 11) is 0. The second-order valence-electron chi connectivity index (χ2n) is 5.98. The molecule has 142 valence electrons.